The van der Waals surface area contributed by atoms with Crippen LogP contribution in [-0.4, -0.2) is 0 Å². The van der Waals surface area contributed by atoms with Crippen LogP contribution in [0.5, 0.6) is 0 Å². The van der Waals surface area contributed by atoms with Crippen molar-refractivity contribution in [1.29, 1.82) is 0 Å². The van der Waals surface area contributed by atoms with Gasteiger partial charge >= 0.3 is 0 Å². The summed E-state index contributed by atoms with van der Waals surface area (Å²) in [6.45, 7) is 8.32. The molecule has 80 valence electrons. The third kappa shape index (κ3) is 14.5. The van der Waals surface area contributed by atoms with Crippen LogP contribution in [0.2, 0.25) is 0 Å². The average Bonchev–Trinajstić information content (AvgIpc) is 2.02. The zero-order valence-corrected chi connectivity index (χ0v) is 9.52. The smallest absolute Gasteiger partial charge is 0.0353 e. The molecule has 0 spiro atoms. The van der Waals surface area contributed by atoms with Crippen LogP contribution in [0, 0.1) is 5.92 Å². The Balaban J connectivity index is 0. The van der Waals surface area contributed by atoms with Crippen molar-refractivity contribution in [2.45, 2.75) is 58.8 Å². The molecule has 3 N–H and O–H groups in total. The molecule has 0 unspecified atom stereocenters. The van der Waals surface area contributed by atoms with Crippen molar-refractivity contribution in [3.8, 4) is 0 Å². The summed E-state index contributed by atoms with van der Waals surface area (Å²) in [5.41, 5.74) is 0. The van der Waals surface area contributed by atoms with Gasteiger partial charge in [0.25, 0.3) is 0 Å². The Kier molecular flexibility index (Phi) is 13.7. The fourth-order valence-corrected chi connectivity index (χ4v) is 1.37. The Morgan fingerprint density at radius 2 is 1.54 bits per heavy atom. The van der Waals surface area contributed by atoms with Crippen molar-refractivity contribution in [1.82, 2.24) is 6.15 Å². The van der Waals surface area contributed by atoms with Gasteiger partial charge in [0, 0.05) is 0 Å². The first-order valence-corrected chi connectivity index (χ1v) is 5.38. The molecule has 0 saturated carbocycles. The van der Waals surface area contributed by atoms with Gasteiger partial charge in [0.2, 0.25) is 0 Å². The first-order chi connectivity index (χ1) is 5.77. The highest BCUT2D eigenvalue weighted by molar-refractivity contribution is 4.65. The third-order valence-electron chi connectivity index (χ3n) is 2.19. The van der Waals surface area contributed by atoms with Crippen molar-refractivity contribution >= 4 is 0 Å². The maximum Gasteiger partial charge on any atom is -0.0353 e. The summed E-state index contributed by atoms with van der Waals surface area (Å²) in [6.07, 6.45) is 11.6. The summed E-state index contributed by atoms with van der Waals surface area (Å²) in [5, 5.41) is 0. The molecule has 0 radical (unpaired) electrons. The Morgan fingerprint density at radius 1 is 1.00 bits per heavy atom. The van der Waals surface area contributed by atoms with E-state index in [1.54, 1.807) is 0 Å². The molecule has 13 heavy (non-hydrogen) atoms. The Hall–Kier alpha value is -0.300. The predicted octanol–water partition coefficient (Wildman–Crippen LogP) is 4.72. The van der Waals surface area contributed by atoms with E-state index in [9.17, 15) is 0 Å². The number of unbranched alkanes of at least 4 members (excludes halogenated alkanes) is 5. The van der Waals surface area contributed by atoms with Crippen LogP contribution in [0.1, 0.15) is 58.8 Å². The molecule has 0 aliphatic rings. The van der Waals surface area contributed by atoms with Crippen LogP contribution in [-0.2, 0) is 0 Å². The minimum absolute atomic E-state index is 0. The molecule has 0 saturated heterocycles. The van der Waals surface area contributed by atoms with Crippen LogP contribution < -0.4 is 6.15 Å². The lowest BCUT2D eigenvalue weighted by Gasteiger charge is -2.03. The number of allylic oxidation sites excluding steroid dienone is 1. The van der Waals surface area contributed by atoms with Gasteiger partial charge in [0.05, 0.1) is 0 Å². The summed E-state index contributed by atoms with van der Waals surface area (Å²) < 4.78 is 0. The Labute approximate surface area is 84.2 Å². The van der Waals surface area contributed by atoms with Gasteiger partial charge in [-0.25, -0.2) is 0 Å². The molecular weight excluding hydrogens is 158 g/mol. The molecule has 0 aromatic heterocycles. The number of rotatable bonds is 8. The molecule has 0 amide bonds. The first kappa shape index (κ1) is 15.2. The SMILES string of the molecule is C=CCCCCCCCC(C)C.N. The van der Waals surface area contributed by atoms with E-state index < -0.39 is 0 Å². The van der Waals surface area contributed by atoms with Crippen LogP contribution in [0.4, 0.5) is 0 Å². The van der Waals surface area contributed by atoms with E-state index >= 15 is 0 Å². The lowest BCUT2D eigenvalue weighted by atomic mass is 10.0. The van der Waals surface area contributed by atoms with Crippen LogP contribution in [0.15, 0.2) is 12.7 Å². The van der Waals surface area contributed by atoms with Crippen molar-refractivity contribution in [2.75, 3.05) is 0 Å². The maximum atomic E-state index is 3.72. The van der Waals surface area contributed by atoms with Crippen LogP contribution in [0.3, 0.4) is 0 Å². The minimum atomic E-state index is 0. The molecule has 0 rings (SSSR count). The molecule has 0 bridgehead atoms. The van der Waals surface area contributed by atoms with Gasteiger partial charge in [-0.05, 0) is 18.8 Å². The van der Waals surface area contributed by atoms with Crippen molar-refractivity contribution in [3.63, 3.8) is 0 Å². The quantitative estimate of drug-likeness (QED) is 0.431. The van der Waals surface area contributed by atoms with E-state index in [1.165, 1.54) is 44.9 Å². The molecule has 0 aromatic carbocycles. The lowest BCUT2D eigenvalue weighted by molar-refractivity contribution is 0.516. The molecule has 1 nitrogen and oxygen atoms in total. The summed E-state index contributed by atoms with van der Waals surface area (Å²) in [6, 6.07) is 0. The zero-order valence-electron chi connectivity index (χ0n) is 9.52. The summed E-state index contributed by atoms with van der Waals surface area (Å²) in [4.78, 5) is 0. The molecule has 1 heteroatoms. The van der Waals surface area contributed by atoms with E-state index in [4.69, 9.17) is 0 Å². The highest BCUT2D eigenvalue weighted by atomic mass is 14.0. The molecule has 0 aliphatic carbocycles. The van der Waals surface area contributed by atoms with E-state index in [0.29, 0.717) is 0 Å². The van der Waals surface area contributed by atoms with Gasteiger partial charge in [-0.15, -0.1) is 6.58 Å². The van der Waals surface area contributed by atoms with Gasteiger partial charge in [0.15, 0.2) is 0 Å². The topological polar surface area (TPSA) is 35.0 Å². The maximum absolute atomic E-state index is 3.72. The average molecular weight is 185 g/mol. The number of hydrogen-bond donors (Lipinski definition) is 1. The largest absolute Gasteiger partial charge is 0.344 e. The van der Waals surface area contributed by atoms with Gasteiger partial charge < -0.3 is 6.15 Å². The van der Waals surface area contributed by atoms with Crippen LogP contribution in [0.25, 0.3) is 0 Å². The highest BCUT2D eigenvalue weighted by Gasteiger charge is 1.93. The van der Waals surface area contributed by atoms with E-state index in [0.717, 1.165) is 5.92 Å². The Morgan fingerprint density at radius 3 is 2.08 bits per heavy atom. The van der Waals surface area contributed by atoms with E-state index in [2.05, 4.69) is 20.4 Å². The van der Waals surface area contributed by atoms with Gasteiger partial charge in [-0.3, -0.25) is 0 Å². The number of hydrogen-bond acceptors (Lipinski definition) is 1. The second-order valence-corrected chi connectivity index (χ2v) is 4.03. The molecular formula is C12H27N. The first-order valence-electron chi connectivity index (χ1n) is 5.38. The highest BCUT2D eigenvalue weighted by Crippen LogP contribution is 2.11. The summed E-state index contributed by atoms with van der Waals surface area (Å²) in [7, 11) is 0. The molecule has 0 atom stereocenters. The summed E-state index contributed by atoms with van der Waals surface area (Å²) >= 11 is 0. The van der Waals surface area contributed by atoms with E-state index in [-0.39, 0.29) is 6.15 Å². The molecule has 0 fully saturated rings. The van der Waals surface area contributed by atoms with Crippen molar-refractivity contribution in [3.05, 3.63) is 12.7 Å². The minimum Gasteiger partial charge on any atom is -0.344 e. The summed E-state index contributed by atoms with van der Waals surface area (Å²) in [5.74, 6) is 0.887. The second-order valence-electron chi connectivity index (χ2n) is 4.03. The standard InChI is InChI=1S/C12H24.H3N/c1-4-5-6-7-8-9-10-11-12(2)3;/h4,12H,1,5-11H2,2-3H3;1H3. The molecule has 0 aliphatic heterocycles. The zero-order chi connectivity index (χ0) is 9.23. The molecule has 0 aromatic rings. The van der Waals surface area contributed by atoms with Gasteiger partial charge in [0.1, 0.15) is 0 Å². The second kappa shape index (κ2) is 11.7. The van der Waals surface area contributed by atoms with Crippen molar-refractivity contribution in [2.24, 2.45) is 5.92 Å². The Bertz CT molecular complexity index is 97.3. The lowest BCUT2D eigenvalue weighted by Crippen LogP contribution is -1.86. The van der Waals surface area contributed by atoms with E-state index in [1.807, 2.05) is 6.08 Å². The molecule has 0 heterocycles. The monoisotopic (exact) mass is 185 g/mol. The normalized spacial score (nSPS) is 9.77. The predicted molar refractivity (Wildman–Crippen MR) is 62.4 cm³/mol. The third-order valence-corrected chi connectivity index (χ3v) is 2.19. The van der Waals surface area contributed by atoms with Gasteiger partial charge in [-0.1, -0.05) is 52.0 Å². The van der Waals surface area contributed by atoms with Gasteiger partial charge in [-0.2, -0.15) is 0 Å². The van der Waals surface area contributed by atoms with Crippen molar-refractivity contribution < 1.29 is 0 Å². The fourth-order valence-electron chi connectivity index (χ4n) is 1.37. The fraction of sp³-hybridized carbons (Fsp3) is 0.833. The van der Waals surface area contributed by atoms with Crippen LogP contribution >= 0.6 is 0 Å².